The van der Waals surface area contributed by atoms with Gasteiger partial charge in [0.2, 0.25) is 11.8 Å². The lowest BCUT2D eigenvalue weighted by molar-refractivity contribution is -0.152. The van der Waals surface area contributed by atoms with Crippen molar-refractivity contribution < 1.29 is 14.3 Å². The van der Waals surface area contributed by atoms with E-state index in [1.807, 2.05) is 0 Å². The fourth-order valence-electron chi connectivity index (χ4n) is 2.26. The molecule has 1 aliphatic rings. The van der Waals surface area contributed by atoms with E-state index in [0.717, 1.165) is 12.8 Å². The van der Waals surface area contributed by atoms with Gasteiger partial charge in [-0.3, -0.25) is 9.59 Å². The molecule has 98 valence electrons. The second-order valence-electron chi connectivity index (χ2n) is 4.55. The molecule has 1 aliphatic heterocycles. The number of nitrogens with one attached hydrogen (secondary N) is 1. The molecule has 0 spiro atoms. The Labute approximate surface area is 102 Å². The van der Waals surface area contributed by atoms with Crippen molar-refractivity contribution in [2.24, 2.45) is 0 Å². The Morgan fingerprint density at radius 2 is 2.06 bits per heavy atom. The second-order valence-corrected chi connectivity index (χ2v) is 4.55. The van der Waals surface area contributed by atoms with Crippen molar-refractivity contribution >= 4 is 11.8 Å². The number of methoxy groups -OCH3 is 1. The van der Waals surface area contributed by atoms with Crippen molar-refractivity contribution in [2.45, 2.75) is 51.7 Å². The molecule has 1 fully saturated rings. The normalized spacial score (nSPS) is 26.9. The van der Waals surface area contributed by atoms with Crippen molar-refractivity contribution in [3.05, 3.63) is 0 Å². The molecule has 2 amide bonds. The first-order valence-corrected chi connectivity index (χ1v) is 6.14. The zero-order valence-electron chi connectivity index (χ0n) is 11.0. The molecule has 1 N–H and O–H groups in total. The van der Waals surface area contributed by atoms with Gasteiger partial charge in [-0.05, 0) is 20.3 Å². The maximum atomic E-state index is 12.1. The van der Waals surface area contributed by atoms with Crippen LogP contribution in [0.25, 0.3) is 0 Å². The van der Waals surface area contributed by atoms with E-state index in [4.69, 9.17) is 4.74 Å². The molecular weight excluding hydrogens is 220 g/mol. The molecule has 0 aliphatic carbocycles. The van der Waals surface area contributed by atoms with Crippen molar-refractivity contribution in [1.29, 1.82) is 0 Å². The van der Waals surface area contributed by atoms with Crippen LogP contribution in [0.2, 0.25) is 0 Å². The summed E-state index contributed by atoms with van der Waals surface area (Å²) in [6, 6.07) is -0.860. The lowest BCUT2D eigenvalue weighted by Gasteiger charge is -2.41. The summed E-state index contributed by atoms with van der Waals surface area (Å²) < 4.78 is 5.15. The van der Waals surface area contributed by atoms with E-state index in [9.17, 15) is 9.59 Å². The van der Waals surface area contributed by atoms with E-state index in [1.54, 1.807) is 25.9 Å². The standard InChI is InChI=1S/C12H22N2O3/c1-5-6-10(7-17-4)14-9(3)11(15)13-8(2)12(14)16/h8-10H,5-7H2,1-4H3,(H,13,15). The van der Waals surface area contributed by atoms with Crippen LogP contribution in [0.3, 0.4) is 0 Å². The zero-order valence-corrected chi connectivity index (χ0v) is 11.0. The van der Waals surface area contributed by atoms with Gasteiger partial charge in [0, 0.05) is 7.11 Å². The monoisotopic (exact) mass is 242 g/mol. The van der Waals surface area contributed by atoms with Gasteiger partial charge in [-0.2, -0.15) is 0 Å². The molecule has 1 rings (SSSR count). The first-order chi connectivity index (χ1) is 8.02. The topological polar surface area (TPSA) is 58.6 Å². The molecule has 3 atom stereocenters. The van der Waals surface area contributed by atoms with E-state index >= 15 is 0 Å². The van der Waals surface area contributed by atoms with Crippen molar-refractivity contribution in [3.63, 3.8) is 0 Å². The molecule has 0 aromatic carbocycles. The fraction of sp³-hybridized carbons (Fsp3) is 0.833. The van der Waals surface area contributed by atoms with Gasteiger partial charge in [0.15, 0.2) is 0 Å². The van der Waals surface area contributed by atoms with Gasteiger partial charge < -0.3 is 15.0 Å². The molecule has 1 saturated heterocycles. The van der Waals surface area contributed by atoms with Crippen LogP contribution in [0, 0.1) is 0 Å². The number of ether oxygens (including phenoxy) is 1. The molecule has 0 aromatic heterocycles. The first kappa shape index (κ1) is 14.0. The minimum atomic E-state index is -0.435. The quantitative estimate of drug-likeness (QED) is 0.765. The van der Waals surface area contributed by atoms with E-state index in [0.29, 0.717) is 6.61 Å². The summed E-state index contributed by atoms with van der Waals surface area (Å²) in [6.45, 7) is 6.02. The third-order valence-electron chi connectivity index (χ3n) is 3.15. The third kappa shape index (κ3) is 2.97. The Morgan fingerprint density at radius 1 is 1.41 bits per heavy atom. The number of carbonyl (C=O) groups is 2. The van der Waals surface area contributed by atoms with Gasteiger partial charge in [0.05, 0.1) is 12.6 Å². The lowest BCUT2D eigenvalue weighted by Crippen LogP contribution is -2.64. The average Bonchev–Trinajstić information content (AvgIpc) is 2.27. The highest BCUT2D eigenvalue weighted by Gasteiger charge is 2.39. The summed E-state index contributed by atoms with van der Waals surface area (Å²) in [5, 5.41) is 2.68. The Balaban J connectivity index is 2.87. The highest BCUT2D eigenvalue weighted by Crippen LogP contribution is 2.17. The fourth-order valence-corrected chi connectivity index (χ4v) is 2.26. The van der Waals surface area contributed by atoms with E-state index in [2.05, 4.69) is 12.2 Å². The number of rotatable bonds is 5. The van der Waals surface area contributed by atoms with Crippen molar-refractivity contribution in [3.8, 4) is 0 Å². The average molecular weight is 242 g/mol. The Bertz CT molecular complexity index is 287. The van der Waals surface area contributed by atoms with Gasteiger partial charge in [-0.1, -0.05) is 13.3 Å². The van der Waals surface area contributed by atoms with Gasteiger partial charge in [0.1, 0.15) is 12.1 Å². The number of nitrogens with zero attached hydrogens (tertiary/aromatic N) is 1. The number of carbonyl (C=O) groups excluding carboxylic acids is 2. The lowest BCUT2D eigenvalue weighted by atomic mass is 10.0. The summed E-state index contributed by atoms with van der Waals surface area (Å²) in [4.78, 5) is 25.5. The molecule has 0 saturated carbocycles. The molecule has 0 aromatic rings. The molecular formula is C12H22N2O3. The molecule has 1 heterocycles. The van der Waals surface area contributed by atoms with Gasteiger partial charge in [0.25, 0.3) is 0 Å². The molecule has 0 bridgehead atoms. The van der Waals surface area contributed by atoms with E-state index in [1.165, 1.54) is 0 Å². The summed E-state index contributed by atoms with van der Waals surface area (Å²) in [5.74, 6) is -0.109. The minimum Gasteiger partial charge on any atom is -0.383 e. The highest BCUT2D eigenvalue weighted by molar-refractivity contribution is 5.96. The SMILES string of the molecule is CCCC(COC)N1C(=O)C(C)NC(=O)C1C. The molecule has 0 radical (unpaired) electrons. The maximum absolute atomic E-state index is 12.1. The molecule has 5 heteroatoms. The summed E-state index contributed by atoms with van der Waals surface area (Å²) in [7, 11) is 1.62. The van der Waals surface area contributed by atoms with Crippen LogP contribution in [0.4, 0.5) is 0 Å². The van der Waals surface area contributed by atoms with Crippen LogP contribution >= 0.6 is 0 Å². The van der Waals surface area contributed by atoms with Gasteiger partial charge in [-0.15, -0.1) is 0 Å². The summed E-state index contributed by atoms with van der Waals surface area (Å²) in [6.07, 6.45) is 1.81. The predicted octanol–water partition coefficient (Wildman–Crippen LogP) is 0.537. The van der Waals surface area contributed by atoms with Crippen molar-refractivity contribution in [2.75, 3.05) is 13.7 Å². The summed E-state index contributed by atoms with van der Waals surface area (Å²) in [5.41, 5.74) is 0. The molecule has 5 nitrogen and oxygen atoms in total. The Morgan fingerprint density at radius 3 is 2.59 bits per heavy atom. The maximum Gasteiger partial charge on any atom is 0.245 e. The van der Waals surface area contributed by atoms with Crippen LogP contribution < -0.4 is 5.32 Å². The predicted molar refractivity (Wildman–Crippen MR) is 64.5 cm³/mol. The number of amides is 2. The molecule has 17 heavy (non-hydrogen) atoms. The van der Waals surface area contributed by atoms with E-state index < -0.39 is 12.1 Å². The van der Waals surface area contributed by atoms with E-state index in [-0.39, 0.29) is 17.9 Å². The van der Waals surface area contributed by atoms with Crippen LogP contribution in [-0.4, -0.2) is 48.6 Å². The second kappa shape index (κ2) is 6.00. The molecule has 3 unspecified atom stereocenters. The van der Waals surface area contributed by atoms with Crippen LogP contribution in [0.5, 0.6) is 0 Å². The number of hydrogen-bond donors (Lipinski definition) is 1. The highest BCUT2D eigenvalue weighted by atomic mass is 16.5. The smallest absolute Gasteiger partial charge is 0.245 e. The number of piperazine rings is 1. The van der Waals surface area contributed by atoms with Crippen LogP contribution in [0.15, 0.2) is 0 Å². The first-order valence-electron chi connectivity index (χ1n) is 6.14. The largest absolute Gasteiger partial charge is 0.383 e. The zero-order chi connectivity index (χ0) is 13.0. The Hall–Kier alpha value is -1.10. The van der Waals surface area contributed by atoms with Crippen molar-refractivity contribution in [1.82, 2.24) is 10.2 Å². The number of hydrogen-bond acceptors (Lipinski definition) is 3. The van der Waals surface area contributed by atoms with Crippen LogP contribution in [-0.2, 0) is 14.3 Å². The van der Waals surface area contributed by atoms with Gasteiger partial charge >= 0.3 is 0 Å². The van der Waals surface area contributed by atoms with Crippen LogP contribution in [0.1, 0.15) is 33.6 Å². The minimum absolute atomic E-state index is 0.0130. The Kier molecular flexibility index (Phi) is 4.93. The summed E-state index contributed by atoms with van der Waals surface area (Å²) >= 11 is 0. The van der Waals surface area contributed by atoms with Gasteiger partial charge in [-0.25, -0.2) is 0 Å². The third-order valence-corrected chi connectivity index (χ3v) is 3.15.